The number of hydrogen-bond donors (Lipinski definition) is 4. The van der Waals surface area contributed by atoms with E-state index < -0.39 is 18.6 Å². The van der Waals surface area contributed by atoms with Gasteiger partial charge in [-0.05, 0) is 51.5 Å². The van der Waals surface area contributed by atoms with Crippen LogP contribution in [-0.4, -0.2) is 59.3 Å². The van der Waals surface area contributed by atoms with Gasteiger partial charge in [-0.2, -0.15) is 0 Å². The van der Waals surface area contributed by atoms with Crippen LogP contribution in [0.25, 0.3) is 0 Å². The first kappa shape index (κ1) is 16.4. The van der Waals surface area contributed by atoms with Gasteiger partial charge in [0.1, 0.15) is 5.54 Å². The molecule has 1 saturated carbocycles. The molecule has 0 spiro atoms. The van der Waals surface area contributed by atoms with Crippen molar-refractivity contribution in [3.63, 3.8) is 0 Å². The average Bonchev–Trinajstić information content (AvgIpc) is 2.24. The zero-order valence-electron chi connectivity index (χ0n) is 11.7. The summed E-state index contributed by atoms with van der Waals surface area (Å²) >= 11 is 0. The third-order valence-electron chi connectivity index (χ3n) is 3.85. The van der Waals surface area contributed by atoms with E-state index in [0.717, 1.165) is 13.0 Å². The smallest absolute Gasteiger partial charge is 0.451 e. The Hall–Kier alpha value is -0.625. The first-order chi connectivity index (χ1) is 8.73. The Balaban J connectivity index is 2.69. The van der Waals surface area contributed by atoms with Crippen molar-refractivity contribution in [1.82, 2.24) is 4.90 Å². The second-order valence-corrected chi connectivity index (χ2v) is 6.16. The van der Waals surface area contributed by atoms with Gasteiger partial charge >= 0.3 is 13.1 Å². The van der Waals surface area contributed by atoms with Crippen LogP contribution in [0.2, 0.25) is 6.32 Å². The lowest BCUT2D eigenvalue weighted by molar-refractivity contribution is -0.146. The molecule has 1 aliphatic carbocycles. The molecule has 0 amide bonds. The van der Waals surface area contributed by atoms with E-state index in [-0.39, 0.29) is 18.2 Å². The molecule has 2 unspecified atom stereocenters. The highest BCUT2D eigenvalue weighted by atomic mass is 16.4. The number of carboxylic acids is 1. The Morgan fingerprint density at radius 3 is 2.42 bits per heavy atom. The summed E-state index contributed by atoms with van der Waals surface area (Å²) in [4.78, 5) is 13.4. The molecule has 0 aliphatic heterocycles. The first-order valence-corrected chi connectivity index (χ1v) is 6.76. The van der Waals surface area contributed by atoms with Gasteiger partial charge in [0.2, 0.25) is 0 Å². The van der Waals surface area contributed by atoms with Crippen molar-refractivity contribution in [2.75, 3.05) is 20.6 Å². The maximum Gasteiger partial charge on any atom is 0.451 e. The van der Waals surface area contributed by atoms with Crippen LogP contribution in [0.3, 0.4) is 0 Å². The number of nitrogens with two attached hydrogens (primary N) is 1. The van der Waals surface area contributed by atoms with Crippen LogP contribution < -0.4 is 5.73 Å². The highest BCUT2D eigenvalue weighted by Crippen LogP contribution is 2.37. The summed E-state index contributed by atoms with van der Waals surface area (Å²) in [6.45, 7) is 0.810. The van der Waals surface area contributed by atoms with Gasteiger partial charge in [-0.3, -0.25) is 4.79 Å². The summed E-state index contributed by atoms with van der Waals surface area (Å²) in [6, 6.07) is 0. The van der Waals surface area contributed by atoms with Crippen molar-refractivity contribution in [1.29, 1.82) is 0 Å². The molecule has 6 nitrogen and oxygen atoms in total. The van der Waals surface area contributed by atoms with Gasteiger partial charge < -0.3 is 25.8 Å². The third kappa shape index (κ3) is 5.10. The van der Waals surface area contributed by atoms with Gasteiger partial charge in [0.15, 0.2) is 0 Å². The number of carboxylic acid groups (broad SMARTS) is 1. The zero-order valence-corrected chi connectivity index (χ0v) is 11.7. The van der Waals surface area contributed by atoms with Gasteiger partial charge in [0.05, 0.1) is 0 Å². The van der Waals surface area contributed by atoms with E-state index in [2.05, 4.69) is 0 Å². The van der Waals surface area contributed by atoms with Gasteiger partial charge in [-0.25, -0.2) is 0 Å². The molecule has 0 radical (unpaired) electrons. The quantitative estimate of drug-likeness (QED) is 0.490. The summed E-state index contributed by atoms with van der Waals surface area (Å²) < 4.78 is 0. The molecule has 0 aromatic carbocycles. The minimum Gasteiger partial charge on any atom is -0.480 e. The minimum absolute atomic E-state index is 0.140. The van der Waals surface area contributed by atoms with E-state index >= 15 is 0 Å². The van der Waals surface area contributed by atoms with Gasteiger partial charge in [-0.15, -0.1) is 0 Å². The second-order valence-electron chi connectivity index (χ2n) is 6.16. The summed E-state index contributed by atoms with van der Waals surface area (Å²) in [5.41, 5.74) is 4.85. The van der Waals surface area contributed by atoms with E-state index in [9.17, 15) is 9.90 Å². The van der Waals surface area contributed by atoms with Crippen molar-refractivity contribution >= 4 is 13.1 Å². The van der Waals surface area contributed by atoms with Crippen molar-refractivity contribution in [3.05, 3.63) is 0 Å². The summed E-state index contributed by atoms with van der Waals surface area (Å²) in [6.07, 6.45) is 2.68. The third-order valence-corrected chi connectivity index (χ3v) is 3.85. The normalized spacial score (nSPS) is 31.5. The molecule has 3 atom stereocenters. The van der Waals surface area contributed by atoms with Gasteiger partial charge in [0.25, 0.3) is 0 Å². The SMILES string of the molecule is CN(C)C[C@@H]1CC(CCB(O)O)CC(N)(C(=O)O)C1. The summed E-state index contributed by atoms with van der Waals surface area (Å²) in [7, 11) is 2.59. The Morgan fingerprint density at radius 1 is 1.37 bits per heavy atom. The minimum atomic E-state index is -1.33. The molecule has 5 N–H and O–H groups in total. The van der Waals surface area contributed by atoms with Crippen molar-refractivity contribution in [2.24, 2.45) is 17.6 Å². The Labute approximate surface area is 114 Å². The van der Waals surface area contributed by atoms with Crippen LogP contribution in [-0.2, 0) is 4.79 Å². The molecule has 0 bridgehead atoms. The Bertz CT molecular complexity index is 314. The fourth-order valence-corrected chi connectivity index (χ4v) is 3.19. The molecule has 1 fully saturated rings. The maximum atomic E-state index is 11.4. The summed E-state index contributed by atoms with van der Waals surface area (Å²) in [5, 5.41) is 27.2. The second kappa shape index (κ2) is 6.70. The predicted molar refractivity (Wildman–Crippen MR) is 73.6 cm³/mol. The van der Waals surface area contributed by atoms with Gasteiger partial charge in [0, 0.05) is 6.54 Å². The zero-order chi connectivity index (χ0) is 14.6. The van der Waals surface area contributed by atoms with Crippen molar-refractivity contribution in [3.8, 4) is 0 Å². The molecule has 19 heavy (non-hydrogen) atoms. The highest BCUT2D eigenvalue weighted by Gasteiger charge is 2.43. The molecule has 0 heterocycles. The van der Waals surface area contributed by atoms with E-state index in [1.165, 1.54) is 0 Å². The molecular weight excluding hydrogens is 247 g/mol. The van der Waals surface area contributed by atoms with Crippen molar-refractivity contribution < 1.29 is 19.9 Å². The molecule has 110 valence electrons. The molecule has 1 rings (SSSR count). The van der Waals surface area contributed by atoms with Gasteiger partial charge in [-0.1, -0.05) is 6.42 Å². The fourth-order valence-electron chi connectivity index (χ4n) is 3.19. The molecule has 1 aliphatic rings. The lowest BCUT2D eigenvalue weighted by Gasteiger charge is -2.40. The molecular formula is C12H25BN2O4. The Kier molecular flexibility index (Phi) is 5.79. The molecule has 0 saturated heterocycles. The van der Waals surface area contributed by atoms with E-state index in [0.29, 0.717) is 19.3 Å². The number of aliphatic carboxylic acids is 1. The van der Waals surface area contributed by atoms with Crippen LogP contribution >= 0.6 is 0 Å². The predicted octanol–water partition coefficient (Wildman–Crippen LogP) is -0.391. The van der Waals surface area contributed by atoms with Crippen LogP contribution in [0.15, 0.2) is 0 Å². The van der Waals surface area contributed by atoms with Crippen LogP contribution in [0, 0.1) is 11.8 Å². The largest absolute Gasteiger partial charge is 0.480 e. The number of rotatable bonds is 6. The number of hydrogen-bond acceptors (Lipinski definition) is 5. The lowest BCUT2D eigenvalue weighted by atomic mass is 9.67. The number of carbonyl (C=O) groups is 1. The molecule has 0 aromatic heterocycles. The van der Waals surface area contributed by atoms with Crippen molar-refractivity contribution in [2.45, 2.75) is 37.5 Å². The maximum absolute atomic E-state index is 11.4. The van der Waals surface area contributed by atoms with Crippen LogP contribution in [0.5, 0.6) is 0 Å². The summed E-state index contributed by atoms with van der Waals surface area (Å²) in [5.74, 6) is -0.571. The lowest BCUT2D eigenvalue weighted by Crippen LogP contribution is -2.54. The standard InChI is InChI=1S/C12H25BN2O4/c1-15(2)8-10-5-9(3-4-13(18)19)6-12(14,7-10)11(16)17/h9-10,18-19H,3-8,14H2,1-2H3,(H,16,17)/t9?,10-,12?/m1/s1. The van der Waals surface area contributed by atoms with E-state index in [4.69, 9.17) is 15.8 Å². The topological polar surface area (TPSA) is 107 Å². The number of nitrogens with zero attached hydrogens (tertiary/aromatic N) is 1. The van der Waals surface area contributed by atoms with Crippen LogP contribution in [0.4, 0.5) is 0 Å². The average molecular weight is 272 g/mol. The highest BCUT2D eigenvalue weighted by molar-refractivity contribution is 6.40. The van der Waals surface area contributed by atoms with E-state index in [1.54, 1.807) is 0 Å². The fraction of sp³-hybridized carbons (Fsp3) is 0.917. The van der Waals surface area contributed by atoms with Crippen LogP contribution in [0.1, 0.15) is 25.7 Å². The monoisotopic (exact) mass is 272 g/mol. The van der Waals surface area contributed by atoms with E-state index in [1.807, 2.05) is 19.0 Å². The molecule has 7 heteroatoms. The molecule has 0 aromatic rings. The Morgan fingerprint density at radius 2 is 1.95 bits per heavy atom. The first-order valence-electron chi connectivity index (χ1n) is 6.76.